The average molecular weight is 206 g/mol. The lowest BCUT2D eigenvalue weighted by Crippen LogP contribution is -2.52. The lowest BCUT2D eigenvalue weighted by Gasteiger charge is -2.48. The Morgan fingerprint density at radius 3 is 2.33 bits per heavy atom. The van der Waals surface area contributed by atoms with Crippen LogP contribution in [0.15, 0.2) is 0 Å². The SMILES string of the molecule is CC(C)CN1[C@@H]2CCC[C@H]1CC(C#N)C2. The van der Waals surface area contributed by atoms with Gasteiger partial charge in [-0.3, -0.25) is 4.90 Å². The van der Waals surface area contributed by atoms with E-state index in [1.807, 2.05) is 0 Å². The van der Waals surface area contributed by atoms with Crippen molar-refractivity contribution in [2.75, 3.05) is 6.54 Å². The van der Waals surface area contributed by atoms with Gasteiger partial charge in [-0.2, -0.15) is 5.26 Å². The van der Waals surface area contributed by atoms with Crippen molar-refractivity contribution < 1.29 is 0 Å². The second kappa shape index (κ2) is 4.53. The minimum atomic E-state index is 0.337. The molecule has 2 saturated heterocycles. The molecule has 0 N–H and O–H groups in total. The Hall–Kier alpha value is -0.550. The highest BCUT2D eigenvalue weighted by Crippen LogP contribution is 2.36. The molecule has 84 valence electrons. The van der Waals surface area contributed by atoms with Gasteiger partial charge < -0.3 is 0 Å². The van der Waals surface area contributed by atoms with Crippen LogP contribution in [0.5, 0.6) is 0 Å². The monoisotopic (exact) mass is 206 g/mol. The summed E-state index contributed by atoms with van der Waals surface area (Å²) in [7, 11) is 0. The van der Waals surface area contributed by atoms with Crippen LogP contribution in [0.25, 0.3) is 0 Å². The van der Waals surface area contributed by atoms with E-state index in [0.29, 0.717) is 18.0 Å². The molecule has 0 aromatic carbocycles. The van der Waals surface area contributed by atoms with Gasteiger partial charge >= 0.3 is 0 Å². The Morgan fingerprint density at radius 2 is 1.87 bits per heavy atom. The van der Waals surface area contributed by atoms with Gasteiger partial charge in [-0.1, -0.05) is 20.3 Å². The third-order valence-corrected chi connectivity index (χ3v) is 3.88. The summed E-state index contributed by atoms with van der Waals surface area (Å²) in [6.07, 6.45) is 6.27. The summed E-state index contributed by atoms with van der Waals surface area (Å²) >= 11 is 0. The summed E-state index contributed by atoms with van der Waals surface area (Å²) in [5.74, 6) is 1.09. The fourth-order valence-electron chi connectivity index (χ4n) is 3.30. The molecule has 2 bridgehead atoms. The van der Waals surface area contributed by atoms with Crippen molar-refractivity contribution in [1.82, 2.24) is 4.90 Å². The predicted molar refractivity (Wildman–Crippen MR) is 61.3 cm³/mol. The van der Waals surface area contributed by atoms with E-state index >= 15 is 0 Å². The number of piperidine rings is 2. The standard InChI is InChI=1S/C13H22N2/c1-10(2)9-15-12-4-3-5-13(15)7-11(6-12)8-14/h10-13H,3-7,9H2,1-2H3/t11?,12-,13+. The molecule has 2 heterocycles. The van der Waals surface area contributed by atoms with E-state index in [-0.39, 0.29) is 0 Å². The Morgan fingerprint density at radius 1 is 1.27 bits per heavy atom. The van der Waals surface area contributed by atoms with E-state index < -0.39 is 0 Å². The molecule has 3 atom stereocenters. The maximum Gasteiger partial charge on any atom is 0.0657 e. The molecule has 2 fully saturated rings. The van der Waals surface area contributed by atoms with Crippen molar-refractivity contribution in [1.29, 1.82) is 5.26 Å². The van der Waals surface area contributed by atoms with Gasteiger partial charge in [0.15, 0.2) is 0 Å². The van der Waals surface area contributed by atoms with Gasteiger partial charge in [-0.05, 0) is 31.6 Å². The zero-order chi connectivity index (χ0) is 10.8. The van der Waals surface area contributed by atoms with Gasteiger partial charge in [0.25, 0.3) is 0 Å². The minimum Gasteiger partial charge on any atom is -0.297 e. The van der Waals surface area contributed by atoms with E-state index in [1.54, 1.807) is 0 Å². The summed E-state index contributed by atoms with van der Waals surface area (Å²) in [6.45, 7) is 5.83. The molecular formula is C13H22N2. The Kier molecular flexibility index (Phi) is 3.31. The van der Waals surface area contributed by atoms with Crippen LogP contribution in [0.3, 0.4) is 0 Å². The molecule has 0 amide bonds. The van der Waals surface area contributed by atoms with Crippen LogP contribution in [0.1, 0.15) is 46.0 Å². The first-order valence-electron chi connectivity index (χ1n) is 6.36. The minimum absolute atomic E-state index is 0.337. The number of hydrogen-bond acceptors (Lipinski definition) is 2. The topological polar surface area (TPSA) is 27.0 Å². The van der Waals surface area contributed by atoms with Crippen molar-refractivity contribution in [2.45, 2.75) is 58.0 Å². The molecule has 0 aromatic rings. The van der Waals surface area contributed by atoms with Crippen LogP contribution in [0, 0.1) is 23.2 Å². The summed E-state index contributed by atoms with van der Waals surface area (Å²) in [6, 6.07) is 3.90. The molecule has 2 aliphatic rings. The van der Waals surface area contributed by atoms with Crippen LogP contribution in [0.4, 0.5) is 0 Å². The van der Waals surface area contributed by atoms with Crippen LogP contribution in [-0.2, 0) is 0 Å². The van der Waals surface area contributed by atoms with E-state index in [9.17, 15) is 0 Å². The lowest BCUT2D eigenvalue weighted by atomic mass is 9.78. The zero-order valence-electron chi connectivity index (χ0n) is 9.95. The maximum absolute atomic E-state index is 9.05. The Balaban J connectivity index is 2.04. The van der Waals surface area contributed by atoms with Gasteiger partial charge in [0.05, 0.1) is 6.07 Å². The first-order valence-corrected chi connectivity index (χ1v) is 6.36. The largest absolute Gasteiger partial charge is 0.297 e. The third-order valence-electron chi connectivity index (χ3n) is 3.88. The van der Waals surface area contributed by atoms with Crippen LogP contribution in [0.2, 0.25) is 0 Å². The summed E-state index contributed by atoms with van der Waals surface area (Å²) in [4.78, 5) is 2.70. The fraction of sp³-hybridized carbons (Fsp3) is 0.923. The molecular weight excluding hydrogens is 184 g/mol. The highest BCUT2D eigenvalue weighted by atomic mass is 15.2. The summed E-state index contributed by atoms with van der Waals surface area (Å²) in [5, 5.41) is 9.05. The van der Waals surface area contributed by atoms with Gasteiger partial charge in [-0.15, -0.1) is 0 Å². The molecule has 2 aliphatic heterocycles. The summed E-state index contributed by atoms with van der Waals surface area (Å²) in [5.41, 5.74) is 0. The smallest absolute Gasteiger partial charge is 0.0657 e. The van der Waals surface area contributed by atoms with E-state index in [4.69, 9.17) is 5.26 Å². The second-order valence-corrected chi connectivity index (χ2v) is 5.63. The molecule has 0 saturated carbocycles. The molecule has 2 nitrogen and oxygen atoms in total. The number of nitrogens with zero attached hydrogens (tertiary/aromatic N) is 2. The normalized spacial score (nSPS) is 36.5. The fourth-order valence-corrected chi connectivity index (χ4v) is 3.30. The molecule has 2 heteroatoms. The van der Waals surface area contributed by atoms with Crippen LogP contribution >= 0.6 is 0 Å². The van der Waals surface area contributed by atoms with Gasteiger partial charge in [-0.25, -0.2) is 0 Å². The first kappa shape index (κ1) is 11.0. The van der Waals surface area contributed by atoms with Crippen molar-refractivity contribution in [3.8, 4) is 6.07 Å². The highest BCUT2D eigenvalue weighted by molar-refractivity contribution is 4.99. The number of rotatable bonds is 2. The number of nitriles is 1. The number of hydrogen-bond donors (Lipinski definition) is 0. The number of fused-ring (bicyclic) bond motifs is 2. The van der Waals surface area contributed by atoms with Crippen molar-refractivity contribution in [2.24, 2.45) is 11.8 Å². The van der Waals surface area contributed by atoms with Crippen LogP contribution < -0.4 is 0 Å². The van der Waals surface area contributed by atoms with Crippen molar-refractivity contribution in [3.63, 3.8) is 0 Å². The van der Waals surface area contributed by atoms with E-state index in [1.165, 1.54) is 25.8 Å². The lowest BCUT2D eigenvalue weighted by molar-refractivity contribution is 0.0165. The maximum atomic E-state index is 9.05. The first-order chi connectivity index (χ1) is 7.20. The van der Waals surface area contributed by atoms with Gasteiger partial charge in [0.2, 0.25) is 0 Å². The molecule has 0 spiro atoms. The van der Waals surface area contributed by atoms with Crippen LogP contribution in [-0.4, -0.2) is 23.5 Å². The average Bonchev–Trinajstić information content (AvgIpc) is 2.16. The quantitative estimate of drug-likeness (QED) is 0.694. The van der Waals surface area contributed by atoms with Gasteiger partial charge in [0, 0.05) is 24.5 Å². The van der Waals surface area contributed by atoms with Crippen molar-refractivity contribution in [3.05, 3.63) is 0 Å². The molecule has 2 rings (SSSR count). The molecule has 0 aliphatic carbocycles. The predicted octanol–water partition coefficient (Wildman–Crippen LogP) is 2.80. The molecule has 0 aromatic heterocycles. The van der Waals surface area contributed by atoms with Crippen molar-refractivity contribution >= 4 is 0 Å². The summed E-state index contributed by atoms with van der Waals surface area (Å²) < 4.78 is 0. The Labute approximate surface area is 93.3 Å². The van der Waals surface area contributed by atoms with Gasteiger partial charge in [0.1, 0.15) is 0 Å². The van der Waals surface area contributed by atoms with E-state index in [0.717, 1.165) is 18.8 Å². The zero-order valence-corrected chi connectivity index (χ0v) is 9.95. The molecule has 15 heavy (non-hydrogen) atoms. The molecule has 0 radical (unpaired) electrons. The Bertz CT molecular complexity index is 240. The second-order valence-electron chi connectivity index (χ2n) is 5.63. The van der Waals surface area contributed by atoms with E-state index in [2.05, 4.69) is 24.8 Å². The third kappa shape index (κ3) is 2.34. The highest BCUT2D eigenvalue weighted by Gasteiger charge is 2.38. The molecule has 1 unspecified atom stereocenters.